The van der Waals surface area contributed by atoms with Gasteiger partial charge in [-0.3, -0.25) is 9.78 Å². The van der Waals surface area contributed by atoms with Crippen LogP contribution >= 0.6 is 23.2 Å². The molecule has 5 nitrogen and oxygen atoms in total. The van der Waals surface area contributed by atoms with E-state index < -0.39 is 12.0 Å². The zero-order chi connectivity index (χ0) is 14.5. The molecule has 1 atom stereocenters. The van der Waals surface area contributed by atoms with Crippen LogP contribution < -0.4 is 5.32 Å². The van der Waals surface area contributed by atoms with Crippen molar-refractivity contribution in [1.82, 2.24) is 15.3 Å². The smallest absolute Gasteiger partial charge is 0.271 e. The van der Waals surface area contributed by atoms with Crippen LogP contribution in [0.15, 0.2) is 36.8 Å². The summed E-state index contributed by atoms with van der Waals surface area (Å²) in [4.78, 5) is 19.4. The van der Waals surface area contributed by atoms with Gasteiger partial charge in [0.15, 0.2) is 0 Å². The standard InChI is InChI=1S/C13H11Cl2N3O2/c14-9-3-8(4-10(15)5-9)12(19)7-18-13(20)11-6-16-1-2-17-11/h1-6,12,19H,7H2,(H,18,20). The van der Waals surface area contributed by atoms with Gasteiger partial charge in [0.1, 0.15) is 5.69 Å². The van der Waals surface area contributed by atoms with Crippen LogP contribution in [-0.4, -0.2) is 27.5 Å². The van der Waals surface area contributed by atoms with Crippen molar-refractivity contribution in [1.29, 1.82) is 0 Å². The molecule has 0 bridgehead atoms. The molecule has 0 spiro atoms. The third-order valence-corrected chi connectivity index (χ3v) is 2.96. The Morgan fingerprint density at radius 2 is 1.95 bits per heavy atom. The van der Waals surface area contributed by atoms with E-state index in [4.69, 9.17) is 23.2 Å². The Balaban J connectivity index is 1.98. The SMILES string of the molecule is O=C(NCC(O)c1cc(Cl)cc(Cl)c1)c1cnccn1. The molecule has 0 aliphatic carbocycles. The second kappa shape index (κ2) is 6.65. The predicted molar refractivity (Wildman–Crippen MR) is 75.8 cm³/mol. The number of aromatic nitrogens is 2. The minimum absolute atomic E-state index is 0.0199. The fraction of sp³-hybridized carbons (Fsp3) is 0.154. The monoisotopic (exact) mass is 311 g/mol. The molecule has 0 fully saturated rings. The molecule has 7 heteroatoms. The van der Waals surface area contributed by atoms with Gasteiger partial charge in [-0.15, -0.1) is 0 Å². The molecule has 0 aliphatic rings. The molecule has 0 saturated carbocycles. The third-order valence-electron chi connectivity index (χ3n) is 2.52. The highest BCUT2D eigenvalue weighted by molar-refractivity contribution is 6.34. The molecule has 1 heterocycles. The molecule has 20 heavy (non-hydrogen) atoms. The lowest BCUT2D eigenvalue weighted by molar-refractivity contribution is 0.0911. The van der Waals surface area contributed by atoms with Crippen LogP contribution in [0.5, 0.6) is 0 Å². The molecule has 2 aromatic rings. The minimum atomic E-state index is -0.910. The van der Waals surface area contributed by atoms with Crippen LogP contribution in [0.4, 0.5) is 0 Å². The molecule has 1 aromatic carbocycles. The Hall–Kier alpha value is -1.69. The minimum Gasteiger partial charge on any atom is -0.387 e. The average molecular weight is 312 g/mol. The largest absolute Gasteiger partial charge is 0.387 e. The molecule has 2 N–H and O–H groups in total. The number of carbonyl (C=O) groups is 1. The van der Waals surface area contributed by atoms with Gasteiger partial charge < -0.3 is 10.4 Å². The van der Waals surface area contributed by atoms with Gasteiger partial charge in [0.2, 0.25) is 0 Å². The van der Waals surface area contributed by atoms with E-state index in [0.29, 0.717) is 15.6 Å². The van der Waals surface area contributed by atoms with E-state index in [1.54, 1.807) is 18.2 Å². The van der Waals surface area contributed by atoms with Crippen LogP contribution in [0, 0.1) is 0 Å². The van der Waals surface area contributed by atoms with Gasteiger partial charge in [-0.05, 0) is 23.8 Å². The van der Waals surface area contributed by atoms with Gasteiger partial charge in [0.25, 0.3) is 5.91 Å². The Kier molecular flexibility index (Phi) is 4.89. The summed E-state index contributed by atoms with van der Waals surface area (Å²) in [6.07, 6.45) is 3.33. The van der Waals surface area contributed by atoms with E-state index >= 15 is 0 Å². The van der Waals surface area contributed by atoms with Crippen molar-refractivity contribution in [3.63, 3.8) is 0 Å². The quantitative estimate of drug-likeness (QED) is 0.908. The fourth-order valence-electron chi connectivity index (χ4n) is 1.58. The Morgan fingerprint density at radius 1 is 1.25 bits per heavy atom. The first kappa shape index (κ1) is 14.7. The van der Waals surface area contributed by atoms with Crippen LogP contribution in [0.25, 0.3) is 0 Å². The van der Waals surface area contributed by atoms with Crippen molar-refractivity contribution >= 4 is 29.1 Å². The highest BCUT2D eigenvalue weighted by Gasteiger charge is 2.12. The molecule has 1 unspecified atom stereocenters. The Labute approximate surface area is 125 Å². The molecular weight excluding hydrogens is 301 g/mol. The lowest BCUT2D eigenvalue weighted by atomic mass is 10.1. The number of halogens is 2. The maximum Gasteiger partial charge on any atom is 0.271 e. The Morgan fingerprint density at radius 3 is 2.55 bits per heavy atom. The number of aliphatic hydroxyl groups excluding tert-OH is 1. The number of aliphatic hydroxyl groups is 1. The molecule has 2 rings (SSSR count). The highest BCUT2D eigenvalue weighted by atomic mass is 35.5. The molecule has 104 valence electrons. The van der Waals surface area contributed by atoms with E-state index in [0.717, 1.165) is 0 Å². The van der Waals surface area contributed by atoms with E-state index in [1.165, 1.54) is 18.6 Å². The first-order chi connectivity index (χ1) is 9.56. The van der Waals surface area contributed by atoms with Crippen molar-refractivity contribution in [2.45, 2.75) is 6.10 Å². The van der Waals surface area contributed by atoms with Crippen molar-refractivity contribution in [3.8, 4) is 0 Å². The molecule has 0 aliphatic heterocycles. The number of rotatable bonds is 4. The van der Waals surface area contributed by atoms with Gasteiger partial charge in [0, 0.05) is 29.0 Å². The van der Waals surface area contributed by atoms with Crippen molar-refractivity contribution in [2.24, 2.45) is 0 Å². The summed E-state index contributed by atoms with van der Waals surface area (Å²) < 4.78 is 0. The predicted octanol–water partition coefficient (Wildman–Crippen LogP) is 2.25. The van der Waals surface area contributed by atoms with Crippen LogP contribution in [0.1, 0.15) is 22.2 Å². The normalized spacial score (nSPS) is 11.9. The zero-order valence-corrected chi connectivity index (χ0v) is 11.8. The summed E-state index contributed by atoms with van der Waals surface area (Å²) in [6.45, 7) is 0.0199. The van der Waals surface area contributed by atoms with Gasteiger partial charge in [-0.1, -0.05) is 23.2 Å². The highest BCUT2D eigenvalue weighted by Crippen LogP contribution is 2.23. The Bertz CT molecular complexity index is 588. The molecule has 1 aromatic heterocycles. The maximum atomic E-state index is 11.7. The molecule has 1 amide bonds. The topological polar surface area (TPSA) is 75.1 Å². The third kappa shape index (κ3) is 3.90. The average Bonchev–Trinajstić information content (AvgIpc) is 2.44. The molecule has 0 radical (unpaired) electrons. The number of hydrogen-bond donors (Lipinski definition) is 2. The zero-order valence-electron chi connectivity index (χ0n) is 10.3. The van der Waals surface area contributed by atoms with Gasteiger partial charge in [-0.25, -0.2) is 4.98 Å². The van der Waals surface area contributed by atoms with Crippen LogP contribution in [-0.2, 0) is 0 Å². The summed E-state index contributed by atoms with van der Waals surface area (Å²) in [6, 6.07) is 4.75. The van der Waals surface area contributed by atoms with E-state index in [2.05, 4.69) is 15.3 Å². The molecular formula is C13H11Cl2N3O2. The second-order valence-electron chi connectivity index (χ2n) is 4.02. The van der Waals surface area contributed by atoms with Crippen LogP contribution in [0.3, 0.4) is 0 Å². The number of nitrogens with one attached hydrogen (secondary N) is 1. The fourth-order valence-corrected chi connectivity index (χ4v) is 2.12. The van der Waals surface area contributed by atoms with E-state index in [9.17, 15) is 9.90 Å². The first-order valence-corrected chi connectivity index (χ1v) is 6.50. The lowest BCUT2D eigenvalue weighted by Crippen LogP contribution is -2.29. The maximum absolute atomic E-state index is 11.7. The van der Waals surface area contributed by atoms with Gasteiger partial charge >= 0.3 is 0 Å². The number of nitrogens with zero attached hydrogens (tertiary/aromatic N) is 2. The summed E-state index contributed by atoms with van der Waals surface area (Å²) in [5.41, 5.74) is 0.714. The summed E-state index contributed by atoms with van der Waals surface area (Å²) in [7, 11) is 0. The van der Waals surface area contributed by atoms with Crippen molar-refractivity contribution < 1.29 is 9.90 Å². The number of amides is 1. The summed E-state index contributed by atoms with van der Waals surface area (Å²) >= 11 is 11.7. The van der Waals surface area contributed by atoms with E-state index in [1.807, 2.05) is 0 Å². The number of benzene rings is 1. The van der Waals surface area contributed by atoms with E-state index in [-0.39, 0.29) is 12.2 Å². The lowest BCUT2D eigenvalue weighted by Gasteiger charge is -2.12. The van der Waals surface area contributed by atoms with Crippen molar-refractivity contribution in [2.75, 3.05) is 6.54 Å². The van der Waals surface area contributed by atoms with Crippen LogP contribution in [0.2, 0.25) is 10.0 Å². The number of carbonyl (C=O) groups excluding carboxylic acids is 1. The van der Waals surface area contributed by atoms with Gasteiger partial charge in [-0.2, -0.15) is 0 Å². The summed E-state index contributed by atoms with van der Waals surface area (Å²) in [5, 5.41) is 13.4. The van der Waals surface area contributed by atoms with Gasteiger partial charge in [0.05, 0.1) is 12.3 Å². The molecule has 0 saturated heterocycles. The summed E-state index contributed by atoms with van der Waals surface area (Å²) in [5.74, 6) is -0.412. The first-order valence-electron chi connectivity index (χ1n) is 5.74. The number of hydrogen-bond acceptors (Lipinski definition) is 4. The second-order valence-corrected chi connectivity index (χ2v) is 4.89. The van der Waals surface area contributed by atoms with Crippen molar-refractivity contribution in [3.05, 3.63) is 58.1 Å².